The van der Waals surface area contributed by atoms with Crippen molar-refractivity contribution in [1.82, 2.24) is 0 Å². The van der Waals surface area contributed by atoms with Crippen LogP contribution < -0.4 is 15.4 Å². The lowest BCUT2D eigenvalue weighted by molar-refractivity contribution is -0.118. The van der Waals surface area contributed by atoms with E-state index >= 15 is 0 Å². The standard InChI is InChI=1S/C20H22N2O3/c1-12(2)19-16-11-14(6-9-17(16)22-20(19)24)21-18(23)10-13-4-7-15(25-3)8-5-13/h4-9,11-12,19H,10H2,1-3H3,(H,21,23)(H,22,24). The molecule has 1 atom stereocenters. The summed E-state index contributed by atoms with van der Waals surface area (Å²) in [5, 5.41) is 5.81. The number of anilines is 2. The SMILES string of the molecule is COc1ccc(CC(=O)Nc2ccc3c(c2)C(C(C)C)C(=O)N3)cc1. The molecule has 25 heavy (non-hydrogen) atoms. The molecule has 0 fully saturated rings. The van der Waals surface area contributed by atoms with Crippen LogP contribution in [-0.4, -0.2) is 18.9 Å². The Morgan fingerprint density at radius 2 is 1.92 bits per heavy atom. The highest BCUT2D eigenvalue weighted by Crippen LogP contribution is 2.38. The van der Waals surface area contributed by atoms with Crippen molar-refractivity contribution in [2.75, 3.05) is 17.7 Å². The van der Waals surface area contributed by atoms with Gasteiger partial charge in [-0.1, -0.05) is 26.0 Å². The molecule has 1 aliphatic rings. The summed E-state index contributed by atoms with van der Waals surface area (Å²) in [6.07, 6.45) is 0.284. The fourth-order valence-corrected chi connectivity index (χ4v) is 3.16. The first-order chi connectivity index (χ1) is 12.0. The van der Waals surface area contributed by atoms with Crippen molar-refractivity contribution in [3.05, 3.63) is 53.6 Å². The van der Waals surface area contributed by atoms with E-state index in [4.69, 9.17) is 4.74 Å². The van der Waals surface area contributed by atoms with Crippen molar-refractivity contribution in [1.29, 1.82) is 0 Å². The van der Waals surface area contributed by atoms with E-state index in [2.05, 4.69) is 10.6 Å². The highest BCUT2D eigenvalue weighted by molar-refractivity contribution is 6.04. The molecule has 2 N–H and O–H groups in total. The summed E-state index contributed by atoms with van der Waals surface area (Å²) in [5.74, 6) is 0.717. The first-order valence-corrected chi connectivity index (χ1v) is 8.35. The minimum atomic E-state index is -0.173. The highest BCUT2D eigenvalue weighted by atomic mass is 16.5. The molecule has 0 bridgehead atoms. The van der Waals surface area contributed by atoms with Gasteiger partial charge in [-0.2, -0.15) is 0 Å². The van der Waals surface area contributed by atoms with Gasteiger partial charge in [0.15, 0.2) is 0 Å². The van der Waals surface area contributed by atoms with Crippen LogP contribution in [-0.2, 0) is 16.0 Å². The zero-order chi connectivity index (χ0) is 18.0. The Hall–Kier alpha value is -2.82. The van der Waals surface area contributed by atoms with Crippen LogP contribution >= 0.6 is 0 Å². The number of fused-ring (bicyclic) bond motifs is 1. The molecule has 2 amide bonds. The fraction of sp³-hybridized carbons (Fsp3) is 0.300. The van der Waals surface area contributed by atoms with Gasteiger partial charge in [-0.3, -0.25) is 9.59 Å². The average molecular weight is 338 g/mol. The summed E-state index contributed by atoms with van der Waals surface area (Å²) in [4.78, 5) is 24.4. The van der Waals surface area contributed by atoms with E-state index < -0.39 is 0 Å². The maximum atomic E-state index is 12.3. The third-order valence-corrected chi connectivity index (χ3v) is 4.40. The van der Waals surface area contributed by atoms with Gasteiger partial charge in [0.05, 0.1) is 19.4 Å². The molecule has 3 rings (SSSR count). The van der Waals surface area contributed by atoms with E-state index in [1.165, 1.54) is 0 Å². The second-order valence-corrected chi connectivity index (χ2v) is 6.59. The normalized spacial score (nSPS) is 15.7. The number of nitrogens with one attached hydrogen (secondary N) is 2. The summed E-state index contributed by atoms with van der Waals surface area (Å²) < 4.78 is 5.12. The van der Waals surface area contributed by atoms with E-state index in [0.29, 0.717) is 5.69 Å². The summed E-state index contributed by atoms with van der Waals surface area (Å²) in [5.41, 5.74) is 3.40. The van der Waals surface area contributed by atoms with E-state index in [1.807, 2.05) is 56.3 Å². The van der Waals surface area contributed by atoms with Gasteiger partial charge in [-0.15, -0.1) is 0 Å². The quantitative estimate of drug-likeness (QED) is 0.876. The van der Waals surface area contributed by atoms with Crippen LogP contribution in [0.1, 0.15) is 30.9 Å². The van der Waals surface area contributed by atoms with Crippen LogP contribution in [0.2, 0.25) is 0 Å². The minimum Gasteiger partial charge on any atom is -0.497 e. The van der Waals surface area contributed by atoms with Crippen molar-refractivity contribution in [2.45, 2.75) is 26.2 Å². The van der Waals surface area contributed by atoms with Gasteiger partial charge < -0.3 is 15.4 Å². The summed E-state index contributed by atoms with van der Waals surface area (Å²) in [6.45, 7) is 4.04. The molecule has 1 unspecified atom stereocenters. The second-order valence-electron chi connectivity index (χ2n) is 6.59. The predicted molar refractivity (Wildman–Crippen MR) is 98.0 cm³/mol. The number of rotatable bonds is 5. The first-order valence-electron chi connectivity index (χ1n) is 8.35. The molecule has 0 saturated heterocycles. The Bertz CT molecular complexity index is 797. The number of carbonyl (C=O) groups excluding carboxylic acids is 2. The Labute approximate surface area is 147 Å². The predicted octanol–water partition coefficient (Wildman–Crippen LogP) is 3.57. The Morgan fingerprint density at radius 3 is 2.56 bits per heavy atom. The monoisotopic (exact) mass is 338 g/mol. The Kier molecular flexibility index (Phi) is 4.74. The summed E-state index contributed by atoms with van der Waals surface area (Å²) in [7, 11) is 1.61. The van der Waals surface area contributed by atoms with Gasteiger partial charge in [0, 0.05) is 11.4 Å². The molecule has 1 aliphatic heterocycles. The van der Waals surface area contributed by atoms with E-state index in [1.54, 1.807) is 7.11 Å². The molecule has 0 saturated carbocycles. The molecule has 0 spiro atoms. The zero-order valence-corrected chi connectivity index (χ0v) is 14.6. The van der Waals surface area contributed by atoms with Crippen LogP contribution in [0.15, 0.2) is 42.5 Å². The van der Waals surface area contributed by atoms with Gasteiger partial charge in [-0.25, -0.2) is 0 Å². The van der Waals surface area contributed by atoms with Gasteiger partial charge in [0.25, 0.3) is 0 Å². The van der Waals surface area contributed by atoms with Crippen molar-refractivity contribution in [3.8, 4) is 5.75 Å². The zero-order valence-electron chi connectivity index (χ0n) is 14.6. The van der Waals surface area contributed by atoms with Crippen LogP contribution in [0.3, 0.4) is 0 Å². The molecule has 2 aromatic rings. The largest absolute Gasteiger partial charge is 0.497 e. The third kappa shape index (κ3) is 3.65. The lowest BCUT2D eigenvalue weighted by Crippen LogP contribution is -2.17. The van der Waals surface area contributed by atoms with Crippen molar-refractivity contribution in [2.24, 2.45) is 5.92 Å². The lowest BCUT2D eigenvalue weighted by Gasteiger charge is -2.14. The van der Waals surface area contributed by atoms with Crippen molar-refractivity contribution < 1.29 is 14.3 Å². The molecule has 0 radical (unpaired) electrons. The van der Waals surface area contributed by atoms with E-state index in [-0.39, 0.29) is 30.1 Å². The number of amides is 2. The van der Waals surface area contributed by atoms with Crippen LogP contribution in [0.5, 0.6) is 5.75 Å². The minimum absolute atomic E-state index is 0.0201. The number of methoxy groups -OCH3 is 1. The number of hydrogen-bond donors (Lipinski definition) is 2. The summed E-state index contributed by atoms with van der Waals surface area (Å²) in [6, 6.07) is 13.0. The topological polar surface area (TPSA) is 67.4 Å². The van der Waals surface area contributed by atoms with Gasteiger partial charge >= 0.3 is 0 Å². The van der Waals surface area contributed by atoms with E-state index in [0.717, 1.165) is 22.6 Å². The molecular formula is C20H22N2O3. The van der Waals surface area contributed by atoms with Crippen LogP contribution in [0.25, 0.3) is 0 Å². The molecule has 0 aliphatic carbocycles. The number of benzene rings is 2. The average Bonchev–Trinajstić information content (AvgIpc) is 2.90. The highest BCUT2D eigenvalue weighted by Gasteiger charge is 2.32. The molecule has 130 valence electrons. The maximum absolute atomic E-state index is 12.3. The first kappa shape index (κ1) is 17.0. The maximum Gasteiger partial charge on any atom is 0.232 e. The molecule has 5 nitrogen and oxygen atoms in total. The van der Waals surface area contributed by atoms with Crippen molar-refractivity contribution >= 4 is 23.2 Å². The van der Waals surface area contributed by atoms with Gasteiger partial charge in [0.1, 0.15) is 5.75 Å². The van der Waals surface area contributed by atoms with Crippen molar-refractivity contribution in [3.63, 3.8) is 0 Å². The Balaban J connectivity index is 1.71. The second kappa shape index (κ2) is 6.97. The molecular weight excluding hydrogens is 316 g/mol. The smallest absolute Gasteiger partial charge is 0.232 e. The third-order valence-electron chi connectivity index (χ3n) is 4.40. The molecule has 0 aromatic heterocycles. The van der Waals surface area contributed by atoms with Gasteiger partial charge in [0.2, 0.25) is 11.8 Å². The van der Waals surface area contributed by atoms with E-state index in [9.17, 15) is 9.59 Å². The Morgan fingerprint density at radius 1 is 1.20 bits per heavy atom. The van der Waals surface area contributed by atoms with Crippen LogP contribution in [0.4, 0.5) is 11.4 Å². The summed E-state index contributed by atoms with van der Waals surface area (Å²) >= 11 is 0. The molecule has 5 heteroatoms. The number of hydrogen-bond acceptors (Lipinski definition) is 3. The van der Waals surface area contributed by atoms with Gasteiger partial charge in [-0.05, 0) is 47.4 Å². The number of ether oxygens (including phenoxy) is 1. The lowest BCUT2D eigenvalue weighted by atomic mass is 9.89. The number of carbonyl (C=O) groups is 2. The molecule has 1 heterocycles. The molecule has 2 aromatic carbocycles. The van der Waals surface area contributed by atoms with Crippen LogP contribution in [0, 0.1) is 5.92 Å². The fourth-order valence-electron chi connectivity index (χ4n) is 3.16.